The van der Waals surface area contributed by atoms with Crippen molar-refractivity contribution in [3.63, 3.8) is 0 Å². The minimum absolute atomic E-state index is 0.730. The van der Waals surface area contributed by atoms with Crippen molar-refractivity contribution < 1.29 is 9.47 Å². The third kappa shape index (κ3) is 4.55. The first-order chi connectivity index (χ1) is 12.7. The molecule has 136 valence electrons. The fraction of sp³-hybridized carbons (Fsp3) is 0.250. The molecule has 3 rings (SSSR count). The average Bonchev–Trinajstić information content (AvgIpc) is 3.14. The molecule has 0 aliphatic rings. The van der Waals surface area contributed by atoms with Crippen LogP contribution < -0.4 is 14.8 Å². The molecule has 2 aromatic carbocycles. The molecular weight excluding hydrogens is 368 g/mol. The lowest BCUT2D eigenvalue weighted by Crippen LogP contribution is -2.16. The summed E-state index contributed by atoms with van der Waals surface area (Å²) in [6, 6.07) is 13.8. The van der Waals surface area contributed by atoms with Crippen LogP contribution in [0.5, 0.6) is 11.5 Å². The van der Waals surface area contributed by atoms with E-state index in [2.05, 4.69) is 16.4 Å². The lowest BCUT2D eigenvalue weighted by Gasteiger charge is -2.08. The van der Waals surface area contributed by atoms with Crippen LogP contribution in [0.2, 0.25) is 5.02 Å². The minimum atomic E-state index is 0.730. The SMILES string of the molecule is COc1ccc(-c2cnc(CNCCc3ccccc3Cl)s2)c(OC)c1. The first-order valence-corrected chi connectivity index (χ1v) is 9.52. The van der Waals surface area contributed by atoms with Gasteiger partial charge in [0.1, 0.15) is 16.5 Å². The molecule has 0 unspecified atom stereocenters. The fourth-order valence-corrected chi connectivity index (χ4v) is 3.79. The van der Waals surface area contributed by atoms with E-state index in [1.807, 2.05) is 42.6 Å². The number of rotatable bonds is 8. The molecule has 0 spiro atoms. The van der Waals surface area contributed by atoms with E-state index >= 15 is 0 Å². The van der Waals surface area contributed by atoms with E-state index in [-0.39, 0.29) is 0 Å². The number of benzene rings is 2. The Morgan fingerprint density at radius 1 is 1.12 bits per heavy atom. The molecule has 0 radical (unpaired) electrons. The number of ether oxygens (including phenoxy) is 2. The molecule has 3 aromatic rings. The number of halogens is 1. The summed E-state index contributed by atoms with van der Waals surface area (Å²) in [5, 5.41) is 5.28. The van der Waals surface area contributed by atoms with Gasteiger partial charge in [0.25, 0.3) is 0 Å². The summed E-state index contributed by atoms with van der Waals surface area (Å²) in [6.07, 6.45) is 2.78. The summed E-state index contributed by atoms with van der Waals surface area (Å²) in [7, 11) is 3.31. The lowest BCUT2D eigenvalue weighted by molar-refractivity contribution is 0.395. The third-order valence-electron chi connectivity index (χ3n) is 4.03. The van der Waals surface area contributed by atoms with Gasteiger partial charge in [-0.15, -0.1) is 11.3 Å². The van der Waals surface area contributed by atoms with E-state index in [1.165, 1.54) is 0 Å². The summed E-state index contributed by atoms with van der Waals surface area (Å²) < 4.78 is 10.7. The van der Waals surface area contributed by atoms with Gasteiger partial charge in [-0.05, 0) is 36.7 Å². The van der Waals surface area contributed by atoms with E-state index < -0.39 is 0 Å². The normalized spacial score (nSPS) is 10.7. The monoisotopic (exact) mass is 388 g/mol. The molecule has 0 bridgehead atoms. The van der Waals surface area contributed by atoms with Gasteiger partial charge in [0.05, 0.1) is 19.1 Å². The van der Waals surface area contributed by atoms with Crippen LogP contribution in [-0.2, 0) is 13.0 Å². The highest BCUT2D eigenvalue weighted by Crippen LogP contribution is 2.36. The molecule has 0 aliphatic heterocycles. The molecular formula is C20H21ClN2O2S. The molecule has 0 amide bonds. The molecule has 1 N–H and O–H groups in total. The van der Waals surface area contributed by atoms with E-state index in [4.69, 9.17) is 21.1 Å². The number of aromatic nitrogens is 1. The zero-order valence-electron chi connectivity index (χ0n) is 14.8. The van der Waals surface area contributed by atoms with E-state index in [0.717, 1.165) is 57.0 Å². The Hall–Kier alpha value is -2.08. The van der Waals surface area contributed by atoms with Gasteiger partial charge in [0.2, 0.25) is 0 Å². The average molecular weight is 389 g/mol. The summed E-state index contributed by atoms with van der Waals surface area (Å²) in [6.45, 7) is 1.58. The van der Waals surface area contributed by atoms with E-state index in [1.54, 1.807) is 25.6 Å². The second kappa shape index (κ2) is 9.03. The van der Waals surface area contributed by atoms with Gasteiger partial charge in [0.15, 0.2) is 0 Å². The zero-order valence-corrected chi connectivity index (χ0v) is 16.4. The predicted octanol–water partition coefficient (Wildman–Crippen LogP) is 4.81. The number of nitrogens with one attached hydrogen (secondary N) is 1. The Bertz CT molecular complexity index is 867. The summed E-state index contributed by atoms with van der Waals surface area (Å²) in [4.78, 5) is 5.59. The molecule has 0 fully saturated rings. The van der Waals surface area contributed by atoms with E-state index in [9.17, 15) is 0 Å². The molecule has 0 saturated heterocycles. The first kappa shape index (κ1) is 18.7. The largest absolute Gasteiger partial charge is 0.497 e. The summed E-state index contributed by atoms with van der Waals surface area (Å²) in [5.41, 5.74) is 2.18. The molecule has 1 heterocycles. The topological polar surface area (TPSA) is 43.4 Å². The predicted molar refractivity (Wildman–Crippen MR) is 108 cm³/mol. The van der Waals surface area contributed by atoms with Crippen LogP contribution in [0, 0.1) is 0 Å². The van der Waals surface area contributed by atoms with Crippen molar-refractivity contribution in [1.29, 1.82) is 0 Å². The standard InChI is InChI=1S/C20H21ClN2O2S/c1-24-15-7-8-16(18(11-15)25-2)19-12-23-20(26-19)13-22-10-9-14-5-3-4-6-17(14)21/h3-8,11-12,22H,9-10,13H2,1-2H3. The third-order valence-corrected chi connectivity index (χ3v) is 5.43. The molecule has 26 heavy (non-hydrogen) atoms. The lowest BCUT2D eigenvalue weighted by atomic mass is 10.1. The Balaban J connectivity index is 1.59. The van der Waals surface area contributed by atoms with Gasteiger partial charge >= 0.3 is 0 Å². The van der Waals surface area contributed by atoms with Crippen molar-refractivity contribution in [2.24, 2.45) is 0 Å². The van der Waals surface area contributed by atoms with E-state index in [0.29, 0.717) is 0 Å². The molecule has 0 saturated carbocycles. The van der Waals surface area contributed by atoms with Crippen molar-refractivity contribution in [1.82, 2.24) is 10.3 Å². The maximum Gasteiger partial charge on any atom is 0.131 e. The van der Waals surface area contributed by atoms with Crippen molar-refractivity contribution in [2.45, 2.75) is 13.0 Å². The van der Waals surface area contributed by atoms with Crippen molar-refractivity contribution >= 4 is 22.9 Å². The van der Waals surface area contributed by atoms with Crippen molar-refractivity contribution in [3.8, 4) is 21.9 Å². The Kier molecular flexibility index (Phi) is 6.50. The number of hydrogen-bond donors (Lipinski definition) is 1. The van der Waals surface area contributed by atoms with Gasteiger partial charge < -0.3 is 14.8 Å². The van der Waals surface area contributed by atoms with Crippen LogP contribution in [0.3, 0.4) is 0 Å². The van der Waals surface area contributed by atoms with Gasteiger partial charge in [-0.1, -0.05) is 29.8 Å². The Morgan fingerprint density at radius 2 is 1.96 bits per heavy atom. The molecule has 0 atom stereocenters. The van der Waals surface area contributed by atoms with Gasteiger partial charge in [-0.3, -0.25) is 0 Å². The molecule has 1 aromatic heterocycles. The second-order valence-corrected chi connectivity index (χ2v) is 7.23. The van der Waals surface area contributed by atoms with Crippen molar-refractivity contribution in [2.75, 3.05) is 20.8 Å². The second-order valence-electron chi connectivity index (χ2n) is 5.70. The molecule has 4 nitrogen and oxygen atoms in total. The van der Waals surface area contributed by atoms with Gasteiger partial charge in [-0.2, -0.15) is 0 Å². The van der Waals surface area contributed by atoms with Crippen LogP contribution >= 0.6 is 22.9 Å². The summed E-state index contributed by atoms with van der Waals surface area (Å²) in [5.74, 6) is 1.56. The fourth-order valence-electron chi connectivity index (χ4n) is 2.64. The Morgan fingerprint density at radius 3 is 2.73 bits per heavy atom. The quantitative estimate of drug-likeness (QED) is 0.562. The summed E-state index contributed by atoms with van der Waals surface area (Å²) >= 11 is 7.84. The highest BCUT2D eigenvalue weighted by Gasteiger charge is 2.11. The smallest absolute Gasteiger partial charge is 0.131 e. The van der Waals surface area contributed by atoms with Gasteiger partial charge in [0, 0.05) is 29.4 Å². The van der Waals surface area contributed by atoms with Crippen LogP contribution in [0.1, 0.15) is 10.6 Å². The maximum absolute atomic E-state index is 6.18. The highest BCUT2D eigenvalue weighted by molar-refractivity contribution is 7.15. The minimum Gasteiger partial charge on any atom is -0.497 e. The number of hydrogen-bond acceptors (Lipinski definition) is 5. The van der Waals surface area contributed by atoms with Crippen LogP contribution in [0.4, 0.5) is 0 Å². The molecule has 6 heteroatoms. The van der Waals surface area contributed by atoms with Crippen LogP contribution in [-0.4, -0.2) is 25.7 Å². The van der Waals surface area contributed by atoms with Crippen molar-refractivity contribution in [3.05, 3.63) is 64.3 Å². The Labute approximate surface area is 162 Å². The number of thiazole rings is 1. The highest BCUT2D eigenvalue weighted by atomic mass is 35.5. The number of methoxy groups -OCH3 is 2. The van der Waals surface area contributed by atoms with Crippen LogP contribution in [0.15, 0.2) is 48.7 Å². The van der Waals surface area contributed by atoms with Crippen LogP contribution in [0.25, 0.3) is 10.4 Å². The first-order valence-electron chi connectivity index (χ1n) is 8.32. The molecule has 0 aliphatic carbocycles. The zero-order chi connectivity index (χ0) is 18.4. The van der Waals surface area contributed by atoms with Gasteiger partial charge in [-0.25, -0.2) is 4.98 Å². The maximum atomic E-state index is 6.18. The number of nitrogens with zero attached hydrogens (tertiary/aromatic N) is 1.